The first kappa shape index (κ1) is 15.8. The van der Waals surface area contributed by atoms with Gasteiger partial charge in [-0.05, 0) is 18.9 Å². The van der Waals surface area contributed by atoms with E-state index in [9.17, 15) is 9.59 Å². The fourth-order valence-corrected chi connectivity index (χ4v) is 8.12. The van der Waals surface area contributed by atoms with Gasteiger partial charge in [0.1, 0.15) is 0 Å². The second kappa shape index (κ2) is 4.99. The van der Waals surface area contributed by atoms with E-state index in [1.54, 1.807) is 6.08 Å². The number of rotatable bonds is 6. The molecule has 0 aliphatic heterocycles. The summed E-state index contributed by atoms with van der Waals surface area (Å²) >= 11 is 5.85. The number of halogens is 1. The van der Waals surface area contributed by atoms with Crippen molar-refractivity contribution in [2.24, 2.45) is 11.3 Å². The highest BCUT2D eigenvalue weighted by Gasteiger charge is 2.82. The molecule has 0 amide bonds. The number of fused-ring (bicyclic) bond motifs is 1. The molecule has 1 fully saturated rings. The van der Waals surface area contributed by atoms with Gasteiger partial charge in [-0.1, -0.05) is 25.7 Å². The van der Waals surface area contributed by atoms with E-state index in [2.05, 4.69) is 25.7 Å². The van der Waals surface area contributed by atoms with Crippen LogP contribution in [0.4, 0.5) is 0 Å². The van der Waals surface area contributed by atoms with Crippen molar-refractivity contribution >= 4 is 31.4 Å². The molecule has 3 nitrogen and oxygen atoms in total. The molecule has 2 rings (SSSR count). The Morgan fingerprint density at radius 3 is 2.55 bits per heavy atom. The molecule has 112 valence electrons. The minimum Gasteiger partial charge on any atom is -0.465 e. The van der Waals surface area contributed by atoms with E-state index in [0.717, 1.165) is 12.8 Å². The summed E-state index contributed by atoms with van der Waals surface area (Å²) in [6, 6.07) is 0. The Morgan fingerprint density at radius 2 is 2.10 bits per heavy atom. The quantitative estimate of drug-likeness (QED) is 0.429. The van der Waals surface area contributed by atoms with E-state index in [0.29, 0.717) is 12.5 Å². The summed E-state index contributed by atoms with van der Waals surface area (Å²) in [5.41, 5.74) is -0.204. The lowest BCUT2D eigenvalue weighted by molar-refractivity contribution is -0.143. The van der Waals surface area contributed by atoms with Crippen LogP contribution >= 0.6 is 11.6 Å². The second-order valence-corrected chi connectivity index (χ2v) is 12.7. The van der Waals surface area contributed by atoms with Crippen molar-refractivity contribution in [3.05, 3.63) is 12.2 Å². The Hall–Kier alpha value is -0.613. The number of carbonyl (C=O) groups excluding carboxylic acids is 2. The molecule has 0 spiro atoms. The molecule has 5 heteroatoms. The molecule has 0 radical (unpaired) electrons. The molecule has 0 N–H and O–H groups in total. The van der Waals surface area contributed by atoms with Crippen molar-refractivity contribution in [3.63, 3.8) is 0 Å². The number of allylic oxidation sites excluding steroid dienone is 2. The molecule has 3 atom stereocenters. The topological polar surface area (TPSA) is 43.4 Å². The third-order valence-corrected chi connectivity index (χ3v) is 8.78. The molecule has 0 aromatic rings. The molecule has 0 bridgehead atoms. The molecule has 0 heterocycles. The minimum absolute atomic E-state index is 0.00392. The number of hydrogen-bond donors (Lipinski definition) is 0. The van der Waals surface area contributed by atoms with Crippen LogP contribution in [0.25, 0.3) is 0 Å². The Labute approximate surface area is 126 Å². The highest BCUT2D eigenvalue weighted by molar-refractivity contribution is 6.81. The van der Waals surface area contributed by atoms with Crippen LogP contribution in [0.15, 0.2) is 12.2 Å². The average Bonchev–Trinajstić information content (AvgIpc) is 2.77. The van der Waals surface area contributed by atoms with Crippen molar-refractivity contribution < 1.29 is 14.3 Å². The standard InChI is InChI=1S/C15H23ClO3Si/c1-11(17)19-10-14(7-5-9-16)13-12(18)6-8-15(13,14)20(2,3)4/h6,8,13H,5,7,9-10H2,1-4H3/t13-,14?,15+/m1/s1. The summed E-state index contributed by atoms with van der Waals surface area (Å²) in [4.78, 5) is 23.5. The first-order valence-corrected chi connectivity index (χ1v) is 11.2. The molecule has 2 aliphatic carbocycles. The van der Waals surface area contributed by atoms with Crippen LogP contribution in [-0.2, 0) is 14.3 Å². The third kappa shape index (κ3) is 1.99. The van der Waals surface area contributed by atoms with Gasteiger partial charge in [0, 0.05) is 29.2 Å². The summed E-state index contributed by atoms with van der Waals surface area (Å²) in [7, 11) is -1.62. The Balaban J connectivity index is 2.35. The number of hydrogen-bond acceptors (Lipinski definition) is 3. The van der Waals surface area contributed by atoms with Crippen molar-refractivity contribution in [3.8, 4) is 0 Å². The summed E-state index contributed by atoms with van der Waals surface area (Å²) in [5.74, 6) is 0.509. The van der Waals surface area contributed by atoms with Gasteiger partial charge < -0.3 is 4.74 Å². The van der Waals surface area contributed by atoms with E-state index < -0.39 is 8.07 Å². The van der Waals surface area contributed by atoms with E-state index in [1.165, 1.54) is 6.92 Å². The van der Waals surface area contributed by atoms with Crippen LogP contribution in [0.2, 0.25) is 24.7 Å². The SMILES string of the molecule is CC(=O)OCC1(CCCCl)[C@H]2C(=O)C=C[C@]21[Si](C)(C)C. The molecule has 1 unspecified atom stereocenters. The number of ketones is 1. The van der Waals surface area contributed by atoms with Crippen LogP contribution in [0.5, 0.6) is 0 Å². The third-order valence-electron chi connectivity index (χ3n) is 5.07. The van der Waals surface area contributed by atoms with Gasteiger partial charge in [0.2, 0.25) is 0 Å². The first-order valence-electron chi connectivity index (χ1n) is 7.15. The molecule has 20 heavy (non-hydrogen) atoms. The number of alkyl halides is 1. The normalized spacial score (nSPS) is 35.0. The fraction of sp³-hybridized carbons (Fsp3) is 0.733. The lowest BCUT2D eigenvalue weighted by Crippen LogP contribution is -2.34. The number of esters is 1. The molecule has 1 saturated carbocycles. The van der Waals surface area contributed by atoms with Crippen LogP contribution in [0, 0.1) is 11.3 Å². The van der Waals surface area contributed by atoms with Crippen LogP contribution in [0.1, 0.15) is 19.8 Å². The predicted octanol–water partition coefficient (Wildman–Crippen LogP) is 3.40. The summed E-state index contributed by atoms with van der Waals surface area (Å²) in [6.45, 7) is 8.65. The Morgan fingerprint density at radius 1 is 1.45 bits per heavy atom. The molecular formula is C15H23ClO3Si. The summed E-state index contributed by atoms with van der Waals surface area (Å²) in [6.07, 6.45) is 5.56. The molecule has 0 saturated heterocycles. The smallest absolute Gasteiger partial charge is 0.302 e. The average molecular weight is 315 g/mol. The zero-order valence-electron chi connectivity index (χ0n) is 12.7. The van der Waals surface area contributed by atoms with Crippen molar-refractivity contribution in [2.75, 3.05) is 12.5 Å². The van der Waals surface area contributed by atoms with Crippen LogP contribution < -0.4 is 0 Å². The molecule has 0 aromatic heterocycles. The summed E-state index contributed by atoms with van der Waals surface area (Å²) < 4.78 is 5.33. The molecule has 0 aromatic carbocycles. The zero-order chi connectivity index (χ0) is 15.2. The highest BCUT2D eigenvalue weighted by Crippen LogP contribution is 2.84. The maximum absolute atomic E-state index is 12.3. The largest absolute Gasteiger partial charge is 0.465 e. The monoisotopic (exact) mass is 314 g/mol. The maximum atomic E-state index is 12.3. The van der Waals surface area contributed by atoms with E-state index in [1.807, 2.05) is 0 Å². The fourth-order valence-electron chi connectivity index (χ4n) is 4.36. The Kier molecular flexibility index (Phi) is 3.93. The van der Waals surface area contributed by atoms with E-state index in [4.69, 9.17) is 16.3 Å². The van der Waals surface area contributed by atoms with Gasteiger partial charge in [-0.2, -0.15) is 0 Å². The first-order chi connectivity index (χ1) is 9.23. The lowest BCUT2D eigenvalue weighted by atomic mass is 9.93. The van der Waals surface area contributed by atoms with Gasteiger partial charge in [-0.3, -0.25) is 9.59 Å². The van der Waals surface area contributed by atoms with Crippen molar-refractivity contribution in [1.29, 1.82) is 0 Å². The molecule has 2 aliphatic rings. The Bertz CT molecular complexity index is 468. The number of carbonyl (C=O) groups is 2. The maximum Gasteiger partial charge on any atom is 0.302 e. The van der Waals surface area contributed by atoms with E-state index in [-0.39, 0.29) is 28.1 Å². The van der Waals surface area contributed by atoms with Gasteiger partial charge in [0.05, 0.1) is 14.7 Å². The lowest BCUT2D eigenvalue weighted by Gasteiger charge is -2.32. The summed E-state index contributed by atoms with van der Waals surface area (Å²) in [5, 5.41) is -0.0570. The highest BCUT2D eigenvalue weighted by atomic mass is 35.5. The van der Waals surface area contributed by atoms with Gasteiger partial charge in [0.25, 0.3) is 0 Å². The predicted molar refractivity (Wildman–Crippen MR) is 82.7 cm³/mol. The molecular weight excluding hydrogens is 292 g/mol. The van der Waals surface area contributed by atoms with Crippen LogP contribution in [-0.4, -0.2) is 32.3 Å². The van der Waals surface area contributed by atoms with Crippen LogP contribution in [0.3, 0.4) is 0 Å². The van der Waals surface area contributed by atoms with Crippen molar-refractivity contribution in [1.82, 2.24) is 0 Å². The van der Waals surface area contributed by atoms with Gasteiger partial charge in [0.15, 0.2) is 5.78 Å². The number of ether oxygens (including phenoxy) is 1. The van der Waals surface area contributed by atoms with E-state index >= 15 is 0 Å². The minimum atomic E-state index is -1.62. The zero-order valence-corrected chi connectivity index (χ0v) is 14.4. The van der Waals surface area contributed by atoms with Gasteiger partial charge >= 0.3 is 5.97 Å². The van der Waals surface area contributed by atoms with Crippen molar-refractivity contribution in [2.45, 2.75) is 44.4 Å². The van der Waals surface area contributed by atoms with Gasteiger partial charge in [-0.15, -0.1) is 11.6 Å². The second-order valence-electron chi connectivity index (χ2n) is 7.02. The van der Waals surface area contributed by atoms with Gasteiger partial charge in [-0.25, -0.2) is 0 Å².